The highest BCUT2D eigenvalue weighted by Gasteiger charge is 2.15. The van der Waals surface area contributed by atoms with Crippen molar-refractivity contribution in [3.05, 3.63) is 36.4 Å². The molecule has 6 heteroatoms. The van der Waals surface area contributed by atoms with Crippen LogP contribution in [0.25, 0.3) is 0 Å². The number of sulfonamides is 1. The molecule has 0 aliphatic heterocycles. The zero-order chi connectivity index (χ0) is 15.1. The van der Waals surface area contributed by atoms with Crippen molar-refractivity contribution < 1.29 is 13.2 Å². The lowest BCUT2D eigenvalue weighted by Crippen LogP contribution is -2.33. The molecular formula is C15H22N2O3S. The first-order valence-corrected chi connectivity index (χ1v) is 8.81. The van der Waals surface area contributed by atoms with Crippen molar-refractivity contribution in [2.24, 2.45) is 5.92 Å². The van der Waals surface area contributed by atoms with Gasteiger partial charge in [-0.25, -0.2) is 13.1 Å². The molecule has 1 aliphatic rings. The summed E-state index contributed by atoms with van der Waals surface area (Å²) in [6.07, 6.45) is 7.29. The fraction of sp³-hybridized carbons (Fsp3) is 0.467. The minimum absolute atomic E-state index is 0.0417. The summed E-state index contributed by atoms with van der Waals surface area (Å²) in [5, 5.41) is 0. The molecule has 1 atom stereocenters. The number of allylic oxidation sites excluding steroid dienone is 2. The number of nitrogens with two attached hydrogens (primary N) is 1. The zero-order valence-corrected chi connectivity index (χ0v) is 12.8. The molecule has 0 radical (unpaired) electrons. The molecule has 0 amide bonds. The Hall–Kier alpha value is -1.53. The maximum atomic E-state index is 11.9. The second-order valence-corrected chi connectivity index (χ2v) is 7.16. The van der Waals surface area contributed by atoms with E-state index in [0.717, 1.165) is 19.3 Å². The van der Waals surface area contributed by atoms with Gasteiger partial charge in [-0.2, -0.15) is 0 Å². The van der Waals surface area contributed by atoms with E-state index in [9.17, 15) is 8.42 Å². The van der Waals surface area contributed by atoms with Crippen LogP contribution in [0.3, 0.4) is 0 Å². The Labute approximate surface area is 126 Å². The number of ether oxygens (including phenoxy) is 1. The molecule has 0 bridgehead atoms. The van der Waals surface area contributed by atoms with Gasteiger partial charge in [-0.3, -0.25) is 0 Å². The van der Waals surface area contributed by atoms with Crippen LogP contribution in [-0.2, 0) is 10.0 Å². The van der Waals surface area contributed by atoms with Gasteiger partial charge in [0.1, 0.15) is 12.4 Å². The van der Waals surface area contributed by atoms with Gasteiger partial charge in [0, 0.05) is 12.2 Å². The first kappa shape index (κ1) is 15.9. The SMILES string of the molecule is Nc1ccc(OCCS(=O)(=O)NCC2CC=CCC2)cc1. The van der Waals surface area contributed by atoms with Crippen molar-refractivity contribution in [1.29, 1.82) is 0 Å². The summed E-state index contributed by atoms with van der Waals surface area (Å²) in [6.45, 7) is 0.637. The second kappa shape index (κ2) is 7.47. The molecule has 1 unspecified atom stereocenters. The van der Waals surface area contributed by atoms with Crippen LogP contribution in [0.1, 0.15) is 19.3 Å². The summed E-state index contributed by atoms with van der Waals surface area (Å²) in [5.74, 6) is 0.986. The van der Waals surface area contributed by atoms with Crippen LogP contribution in [-0.4, -0.2) is 27.3 Å². The molecule has 0 fully saturated rings. The van der Waals surface area contributed by atoms with Crippen molar-refractivity contribution in [1.82, 2.24) is 4.72 Å². The van der Waals surface area contributed by atoms with Crippen molar-refractivity contribution >= 4 is 15.7 Å². The van der Waals surface area contributed by atoms with Gasteiger partial charge in [0.2, 0.25) is 10.0 Å². The first-order valence-electron chi connectivity index (χ1n) is 7.16. The molecule has 2 rings (SSSR count). The monoisotopic (exact) mass is 310 g/mol. The molecule has 116 valence electrons. The maximum Gasteiger partial charge on any atom is 0.214 e. The number of anilines is 1. The van der Waals surface area contributed by atoms with Gasteiger partial charge in [0.25, 0.3) is 0 Å². The Kier molecular flexibility index (Phi) is 5.64. The lowest BCUT2D eigenvalue weighted by Gasteiger charge is -2.18. The van der Waals surface area contributed by atoms with Crippen LogP contribution in [0.5, 0.6) is 5.75 Å². The summed E-state index contributed by atoms with van der Waals surface area (Å²) in [5.41, 5.74) is 6.22. The molecule has 1 aliphatic carbocycles. The largest absolute Gasteiger partial charge is 0.492 e. The molecule has 21 heavy (non-hydrogen) atoms. The highest BCUT2D eigenvalue weighted by atomic mass is 32.2. The van der Waals surface area contributed by atoms with E-state index in [-0.39, 0.29) is 12.4 Å². The second-order valence-electron chi connectivity index (χ2n) is 5.24. The molecule has 0 saturated heterocycles. The van der Waals surface area contributed by atoms with E-state index in [2.05, 4.69) is 16.9 Å². The molecular weight excluding hydrogens is 288 g/mol. The molecule has 5 nitrogen and oxygen atoms in total. The van der Waals surface area contributed by atoms with Crippen LogP contribution >= 0.6 is 0 Å². The van der Waals surface area contributed by atoms with Gasteiger partial charge in [-0.05, 0) is 49.4 Å². The molecule has 0 saturated carbocycles. The van der Waals surface area contributed by atoms with Crippen LogP contribution in [0.2, 0.25) is 0 Å². The quantitative estimate of drug-likeness (QED) is 0.595. The predicted molar refractivity (Wildman–Crippen MR) is 84.6 cm³/mol. The highest BCUT2D eigenvalue weighted by molar-refractivity contribution is 7.89. The van der Waals surface area contributed by atoms with Gasteiger partial charge < -0.3 is 10.5 Å². The van der Waals surface area contributed by atoms with E-state index in [1.807, 2.05) is 0 Å². The van der Waals surface area contributed by atoms with Gasteiger partial charge in [-0.1, -0.05) is 12.2 Å². The standard InChI is InChI=1S/C15H22N2O3S/c16-14-6-8-15(9-7-14)20-10-11-21(18,19)17-12-13-4-2-1-3-5-13/h1-2,6-9,13,17H,3-5,10-12,16H2. The predicted octanol–water partition coefficient (Wildman–Crippen LogP) is 1.92. The van der Waals surface area contributed by atoms with Crippen LogP contribution in [0, 0.1) is 5.92 Å². The Morgan fingerprint density at radius 1 is 1.24 bits per heavy atom. The van der Waals surface area contributed by atoms with Crippen molar-refractivity contribution in [2.45, 2.75) is 19.3 Å². The summed E-state index contributed by atoms with van der Waals surface area (Å²) in [4.78, 5) is 0. The smallest absolute Gasteiger partial charge is 0.214 e. The van der Waals surface area contributed by atoms with Crippen molar-refractivity contribution in [3.8, 4) is 5.75 Å². The lowest BCUT2D eigenvalue weighted by atomic mass is 9.95. The number of benzene rings is 1. The average molecular weight is 310 g/mol. The molecule has 0 aromatic heterocycles. The Balaban J connectivity index is 1.70. The molecule has 0 heterocycles. The number of nitrogen functional groups attached to an aromatic ring is 1. The number of hydrogen-bond donors (Lipinski definition) is 2. The van der Waals surface area contributed by atoms with Gasteiger partial charge in [-0.15, -0.1) is 0 Å². The van der Waals surface area contributed by atoms with Crippen molar-refractivity contribution in [2.75, 3.05) is 24.6 Å². The van der Waals surface area contributed by atoms with E-state index in [0.29, 0.717) is 23.9 Å². The van der Waals surface area contributed by atoms with E-state index in [4.69, 9.17) is 10.5 Å². The number of nitrogens with one attached hydrogen (secondary N) is 1. The summed E-state index contributed by atoms with van der Waals surface area (Å²) in [7, 11) is -3.28. The average Bonchev–Trinajstić information content (AvgIpc) is 2.48. The third kappa shape index (κ3) is 5.77. The van der Waals surface area contributed by atoms with Crippen LogP contribution in [0.4, 0.5) is 5.69 Å². The third-order valence-corrected chi connectivity index (χ3v) is 4.78. The maximum absolute atomic E-state index is 11.9. The Bertz CT molecular complexity index is 567. The topological polar surface area (TPSA) is 81.4 Å². The van der Waals surface area contributed by atoms with E-state index < -0.39 is 10.0 Å². The van der Waals surface area contributed by atoms with E-state index in [1.54, 1.807) is 24.3 Å². The normalized spacial score (nSPS) is 18.6. The fourth-order valence-electron chi connectivity index (χ4n) is 2.19. The van der Waals surface area contributed by atoms with Gasteiger partial charge in [0.05, 0.1) is 5.75 Å². The van der Waals surface area contributed by atoms with E-state index in [1.165, 1.54) is 0 Å². The van der Waals surface area contributed by atoms with Crippen LogP contribution < -0.4 is 15.2 Å². The molecule has 3 N–H and O–H groups in total. The zero-order valence-electron chi connectivity index (χ0n) is 12.0. The summed E-state index contributed by atoms with van der Waals surface area (Å²) < 4.78 is 31.8. The minimum Gasteiger partial charge on any atom is -0.492 e. The third-order valence-electron chi connectivity index (χ3n) is 3.47. The first-order chi connectivity index (χ1) is 10.1. The Morgan fingerprint density at radius 2 is 2.00 bits per heavy atom. The molecule has 1 aromatic rings. The number of rotatable bonds is 7. The Morgan fingerprint density at radius 3 is 2.67 bits per heavy atom. The highest BCUT2D eigenvalue weighted by Crippen LogP contribution is 2.17. The van der Waals surface area contributed by atoms with E-state index >= 15 is 0 Å². The number of hydrogen-bond acceptors (Lipinski definition) is 4. The minimum atomic E-state index is -3.28. The van der Waals surface area contributed by atoms with Crippen molar-refractivity contribution in [3.63, 3.8) is 0 Å². The van der Waals surface area contributed by atoms with Crippen LogP contribution in [0.15, 0.2) is 36.4 Å². The van der Waals surface area contributed by atoms with Gasteiger partial charge >= 0.3 is 0 Å². The fourth-order valence-corrected chi connectivity index (χ4v) is 3.13. The molecule has 1 aromatic carbocycles. The lowest BCUT2D eigenvalue weighted by molar-refractivity contribution is 0.340. The molecule has 0 spiro atoms. The van der Waals surface area contributed by atoms with Gasteiger partial charge in [0.15, 0.2) is 0 Å². The summed E-state index contributed by atoms with van der Waals surface area (Å²) in [6, 6.07) is 6.89. The summed E-state index contributed by atoms with van der Waals surface area (Å²) >= 11 is 0.